The Morgan fingerprint density at radius 3 is 2.87 bits per heavy atom. The number of ether oxygens (including phenoxy) is 1. The Kier molecular flexibility index (Phi) is 6.01. The van der Waals surface area contributed by atoms with Crippen LogP contribution in [0.2, 0.25) is 0 Å². The van der Waals surface area contributed by atoms with E-state index in [0.717, 1.165) is 0 Å². The molecule has 1 aliphatic rings. The highest BCUT2D eigenvalue weighted by Crippen LogP contribution is 2.34. The predicted molar refractivity (Wildman–Crippen MR) is 108 cm³/mol. The molecule has 158 valence electrons. The van der Waals surface area contributed by atoms with E-state index >= 15 is 0 Å². The van der Waals surface area contributed by atoms with Gasteiger partial charge >= 0.3 is 0 Å². The third kappa shape index (κ3) is 4.74. The number of anilines is 1. The number of aryl methyl sites for hydroxylation is 1. The van der Waals surface area contributed by atoms with Crippen LogP contribution >= 0.6 is 0 Å². The summed E-state index contributed by atoms with van der Waals surface area (Å²) in [5.41, 5.74) is 1.06. The van der Waals surface area contributed by atoms with Crippen molar-refractivity contribution in [2.45, 2.75) is 46.2 Å². The first-order valence-electron chi connectivity index (χ1n) is 9.67. The van der Waals surface area contributed by atoms with Gasteiger partial charge in [-0.05, 0) is 34.0 Å². The number of fused-ring (bicyclic) bond motifs is 1. The molecule has 10 nitrogen and oxygen atoms in total. The molecule has 3 rings (SSSR count). The van der Waals surface area contributed by atoms with Gasteiger partial charge in [0, 0.05) is 19.0 Å². The molecular formula is C20H25N7O3. The van der Waals surface area contributed by atoms with Crippen molar-refractivity contribution in [1.29, 1.82) is 5.26 Å². The van der Waals surface area contributed by atoms with Crippen LogP contribution in [0.3, 0.4) is 0 Å². The predicted octanol–water partition coefficient (Wildman–Crippen LogP) is 1.53. The number of carbonyl (C=O) groups is 2. The average Bonchev–Trinajstić information content (AvgIpc) is 3.11. The van der Waals surface area contributed by atoms with Crippen LogP contribution in [0.25, 0.3) is 11.4 Å². The van der Waals surface area contributed by atoms with E-state index in [1.54, 1.807) is 29.9 Å². The van der Waals surface area contributed by atoms with Crippen LogP contribution < -0.4 is 15.0 Å². The molecule has 0 aliphatic carbocycles. The van der Waals surface area contributed by atoms with Crippen LogP contribution in [0.4, 0.5) is 5.69 Å². The smallest absolute Gasteiger partial charge is 0.252 e. The number of carbonyl (C=O) groups excluding carboxylic acids is 2. The van der Waals surface area contributed by atoms with E-state index in [1.807, 2.05) is 20.8 Å². The number of tetrazole rings is 1. The second-order valence-electron chi connectivity index (χ2n) is 8.38. The highest BCUT2D eigenvalue weighted by atomic mass is 16.5. The average molecular weight is 411 g/mol. The second-order valence-corrected chi connectivity index (χ2v) is 8.38. The van der Waals surface area contributed by atoms with Gasteiger partial charge < -0.3 is 15.0 Å². The molecular weight excluding hydrogens is 386 g/mol. The largest absolute Gasteiger partial charge is 0.489 e. The van der Waals surface area contributed by atoms with Crippen LogP contribution in [0, 0.1) is 16.7 Å². The minimum Gasteiger partial charge on any atom is -0.489 e. The van der Waals surface area contributed by atoms with Gasteiger partial charge in [0.1, 0.15) is 18.4 Å². The molecule has 0 saturated carbocycles. The van der Waals surface area contributed by atoms with E-state index in [1.165, 1.54) is 4.90 Å². The maximum Gasteiger partial charge on any atom is 0.252 e. The maximum absolute atomic E-state index is 13.0. The van der Waals surface area contributed by atoms with Crippen molar-refractivity contribution < 1.29 is 14.3 Å². The van der Waals surface area contributed by atoms with Crippen molar-refractivity contribution in [2.24, 2.45) is 5.41 Å². The van der Waals surface area contributed by atoms with E-state index in [0.29, 0.717) is 35.8 Å². The van der Waals surface area contributed by atoms with Gasteiger partial charge in [0.2, 0.25) is 5.91 Å². The van der Waals surface area contributed by atoms with Crippen LogP contribution in [-0.4, -0.2) is 51.7 Å². The summed E-state index contributed by atoms with van der Waals surface area (Å²) in [7, 11) is 1.64. The lowest BCUT2D eigenvalue weighted by Gasteiger charge is -2.23. The summed E-state index contributed by atoms with van der Waals surface area (Å²) in [4.78, 5) is 26.7. The first-order chi connectivity index (χ1) is 14.2. The maximum atomic E-state index is 13.0. The molecule has 10 heteroatoms. The number of benzene rings is 1. The molecule has 0 fully saturated rings. The van der Waals surface area contributed by atoms with E-state index in [-0.39, 0.29) is 30.3 Å². The number of rotatable bonds is 5. The number of likely N-dealkylation sites (N-methyl/N-ethyl adjacent to an activating group) is 1. The Labute approximate surface area is 174 Å². The quantitative estimate of drug-likeness (QED) is 0.790. The molecule has 0 saturated heterocycles. The lowest BCUT2D eigenvalue weighted by Crippen LogP contribution is -2.49. The normalized spacial score (nSPS) is 16.3. The van der Waals surface area contributed by atoms with E-state index < -0.39 is 6.04 Å². The molecule has 2 amide bonds. The molecule has 1 aromatic carbocycles. The zero-order chi connectivity index (χ0) is 21.9. The molecule has 1 aromatic heterocycles. The summed E-state index contributed by atoms with van der Waals surface area (Å²) in [5.74, 6) is 0.560. The Morgan fingerprint density at radius 1 is 1.40 bits per heavy atom. The molecule has 1 N–H and O–H groups in total. The monoisotopic (exact) mass is 411 g/mol. The van der Waals surface area contributed by atoms with Gasteiger partial charge in [-0.2, -0.15) is 5.26 Å². The van der Waals surface area contributed by atoms with Crippen LogP contribution in [-0.2, 0) is 16.1 Å². The van der Waals surface area contributed by atoms with Crippen molar-refractivity contribution in [3.63, 3.8) is 0 Å². The third-order valence-corrected chi connectivity index (χ3v) is 4.61. The summed E-state index contributed by atoms with van der Waals surface area (Å²) >= 11 is 0. The molecule has 0 radical (unpaired) electrons. The summed E-state index contributed by atoms with van der Waals surface area (Å²) in [6, 6.07) is 6.60. The van der Waals surface area contributed by atoms with Gasteiger partial charge in [-0.25, -0.2) is 4.68 Å². The van der Waals surface area contributed by atoms with E-state index in [4.69, 9.17) is 10.00 Å². The van der Waals surface area contributed by atoms with Crippen LogP contribution in [0.1, 0.15) is 33.6 Å². The number of nitrogens with one attached hydrogen (secondary N) is 1. The lowest BCUT2D eigenvalue weighted by molar-refractivity contribution is -0.129. The van der Waals surface area contributed by atoms with Crippen LogP contribution in [0.15, 0.2) is 18.2 Å². The lowest BCUT2D eigenvalue weighted by atomic mass is 9.92. The topological polar surface area (TPSA) is 126 Å². The summed E-state index contributed by atoms with van der Waals surface area (Å²) < 4.78 is 7.36. The number of amides is 2. The fraction of sp³-hybridized carbons (Fsp3) is 0.500. The fourth-order valence-corrected chi connectivity index (χ4v) is 3.19. The highest BCUT2D eigenvalue weighted by Gasteiger charge is 2.31. The number of hydrogen-bond acceptors (Lipinski definition) is 7. The number of hydrogen-bond donors (Lipinski definition) is 1. The van der Waals surface area contributed by atoms with Crippen molar-refractivity contribution in [1.82, 2.24) is 25.5 Å². The Hall–Kier alpha value is -3.48. The zero-order valence-electron chi connectivity index (χ0n) is 17.5. The molecule has 2 heterocycles. The number of aromatic nitrogens is 4. The van der Waals surface area contributed by atoms with Crippen molar-refractivity contribution >= 4 is 17.5 Å². The van der Waals surface area contributed by atoms with Gasteiger partial charge in [-0.15, -0.1) is 5.10 Å². The first-order valence-corrected chi connectivity index (χ1v) is 9.67. The Morgan fingerprint density at radius 2 is 2.17 bits per heavy atom. The SMILES string of the molecule is CN1C(=O)[C@@H](NC(=O)CC(C)(C)C)COc2ccc(-c3nnnn3CCC#N)cc21. The third-order valence-electron chi connectivity index (χ3n) is 4.61. The number of nitrogens with zero attached hydrogens (tertiary/aromatic N) is 6. The van der Waals surface area contributed by atoms with Crippen molar-refractivity contribution in [3.05, 3.63) is 18.2 Å². The van der Waals surface area contributed by atoms with Crippen LogP contribution in [0.5, 0.6) is 5.75 Å². The molecule has 2 aromatic rings. The first kappa shape index (κ1) is 21.2. The Bertz CT molecular complexity index is 987. The molecule has 0 bridgehead atoms. The summed E-state index contributed by atoms with van der Waals surface area (Å²) in [5, 5.41) is 23.2. The van der Waals surface area contributed by atoms with Gasteiger partial charge in [0.15, 0.2) is 5.82 Å². The van der Waals surface area contributed by atoms with Gasteiger partial charge in [0.05, 0.1) is 24.7 Å². The molecule has 1 aliphatic heterocycles. The molecule has 1 atom stereocenters. The van der Waals surface area contributed by atoms with Gasteiger partial charge in [-0.1, -0.05) is 20.8 Å². The second kappa shape index (κ2) is 8.49. The number of nitriles is 1. The summed E-state index contributed by atoms with van der Waals surface area (Å²) in [6.45, 7) is 6.30. The standard InChI is InChI=1S/C20H25N7O3/c1-20(2,3)11-17(28)22-14-12-30-16-7-6-13(10-15(16)26(4)19(14)29)18-23-24-25-27(18)9-5-8-21/h6-7,10,14H,5,9,11-12H2,1-4H3,(H,22,28)/t14-/m0/s1. The molecule has 0 unspecified atom stereocenters. The zero-order valence-corrected chi connectivity index (χ0v) is 17.5. The van der Waals surface area contributed by atoms with Crippen molar-refractivity contribution in [2.75, 3.05) is 18.6 Å². The highest BCUT2D eigenvalue weighted by molar-refractivity contribution is 6.01. The van der Waals surface area contributed by atoms with Gasteiger partial charge in [-0.3, -0.25) is 9.59 Å². The molecule has 30 heavy (non-hydrogen) atoms. The summed E-state index contributed by atoms with van der Waals surface area (Å²) in [6.07, 6.45) is 0.587. The Balaban J connectivity index is 1.83. The van der Waals surface area contributed by atoms with Crippen molar-refractivity contribution in [3.8, 4) is 23.2 Å². The minimum atomic E-state index is -0.776. The minimum absolute atomic E-state index is 0.0469. The fourth-order valence-electron chi connectivity index (χ4n) is 3.19. The van der Waals surface area contributed by atoms with E-state index in [2.05, 4.69) is 26.9 Å². The van der Waals surface area contributed by atoms with Gasteiger partial charge in [0.25, 0.3) is 5.91 Å². The van der Waals surface area contributed by atoms with E-state index in [9.17, 15) is 9.59 Å². The molecule has 0 spiro atoms.